The number of hydrogen-bond donors (Lipinski definition) is 1. The molecule has 1 aliphatic rings. The molecule has 1 heterocycles. The summed E-state index contributed by atoms with van der Waals surface area (Å²) in [4.78, 5) is 8.29. The molecule has 4 heteroatoms. The molecule has 4 nitrogen and oxygen atoms in total. The Labute approximate surface area is 102 Å². The van der Waals surface area contributed by atoms with Gasteiger partial charge in [-0.2, -0.15) is 0 Å². The van der Waals surface area contributed by atoms with Crippen molar-refractivity contribution in [2.75, 3.05) is 7.11 Å². The lowest BCUT2D eigenvalue weighted by molar-refractivity contribution is 0.0966. The van der Waals surface area contributed by atoms with Crippen LogP contribution in [0.4, 0.5) is 0 Å². The summed E-state index contributed by atoms with van der Waals surface area (Å²) in [5, 5.41) is 9.56. The van der Waals surface area contributed by atoms with Crippen LogP contribution in [0.15, 0.2) is 12.4 Å². The maximum absolute atomic E-state index is 9.56. The van der Waals surface area contributed by atoms with Crippen LogP contribution in [-0.4, -0.2) is 28.3 Å². The van der Waals surface area contributed by atoms with Gasteiger partial charge in [-0.3, -0.25) is 0 Å². The molecular formula is C13H20N2O2. The van der Waals surface area contributed by atoms with E-state index < -0.39 is 0 Å². The SMILES string of the molecule is COc1ncc(C2CCC(C(C)O)CC2)cn1. The third-order valence-electron chi connectivity index (χ3n) is 3.76. The van der Waals surface area contributed by atoms with Gasteiger partial charge in [0.25, 0.3) is 0 Å². The van der Waals surface area contributed by atoms with Crippen molar-refractivity contribution >= 4 is 0 Å². The maximum Gasteiger partial charge on any atom is 0.316 e. The van der Waals surface area contributed by atoms with Gasteiger partial charge in [0.1, 0.15) is 0 Å². The molecule has 1 aromatic rings. The number of aromatic nitrogens is 2. The van der Waals surface area contributed by atoms with Gasteiger partial charge >= 0.3 is 6.01 Å². The van der Waals surface area contributed by atoms with Crippen LogP contribution < -0.4 is 4.74 Å². The van der Waals surface area contributed by atoms with E-state index in [1.165, 1.54) is 5.56 Å². The van der Waals surface area contributed by atoms with Crippen LogP contribution in [0.2, 0.25) is 0 Å². The Morgan fingerprint density at radius 2 is 1.82 bits per heavy atom. The fourth-order valence-corrected chi connectivity index (χ4v) is 2.58. The Morgan fingerprint density at radius 3 is 2.29 bits per heavy atom. The van der Waals surface area contributed by atoms with Crippen molar-refractivity contribution in [3.05, 3.63) is 18.0 Å². The van der Waals surface area contributed by atoms with Crippen molar-refractivity contribution in [1.29, 1.82) is 0 Å². The molecule has 0 amide bonds. The lowest BCUT2D eigenvalue weighted by Gasteiger charge is -2.30. The minimum Gasteiger partial charge on any atom is -0.467 e. The van der Waals surface area contributed by atoms with Crippen molar-refractivity contribution in [3.63, 3.8) is 0 Å². The Hall–Kier alpha value is -1.16. The van der Waals surface area contributed by atoms with Gasteiger partial charge in [0.2, 0.25) is 0 Å². The van der Waals surface area contributed by atoms with E-state index >= 15 is 0 Å². The fourth-order valence-electron chi connectivity index (χ4n) is 2.58. The molecule has 1 aliphatic carbocycles. The highest BCUT2D eigenvalue weighted by molar-refractivity contribution is 5.14. The number of ether oxygens (including phenoxy) is 1. The Bertz CT molecular complexity index is 343. The van der Waals surface area contributed by atoms with Crippen molar-refractivity contribution in [3.8, 4) is 6.01 Å². The molecule has 0 bridgehead atoms. The molecule has 0 radical (unpaired) electrons. The standard InChI is InChI=1S/C13H20N2O2/c1-9(16)10-3-5-11(6-4-10)12-7-14-13(17-2)15-8-12/h7-11,16H,3-6H2,1-2H3. The van der Waals surface area contributed by atoms with Gasteiger partial charge in [0.05, 0.1) is 13.2 Å². The molecule has 0 spiro atoms. The summed E-state index contributed by atoms with van der Waals surface area (Å²) in [5.74, 6) is 1.00. The molecule has 1 fully saturated rings. The van der Waals surface area contributed by atoms with Crippen LogP contribution in [-0.2, 0) is 0 Å². The summed E-state index contributed by atoms with van der Waals surface area (Å²) < 4.78 is 4.95. The van der Waals surface area contributed by atoms with Crippen LogP contribution in [0.5, 0.6) is 6.01 Å². The summed E-state index contributed by atoms with van der Waals surface area (Å²) in [5.41, 5.74) is 1.19. The van der Waals surface area contributed by atoms with E-state index in [4.69, 9.17) is 4.74 Å². The first-order valence-corrected chi connectivity index (χ1v) is 6.24. The molecule has 2 rings (SSSR count). The second kappa shape index (κ2) is 5.45. The van der Waals surface area contributed by atoms with E-state index in [0.717, 1.165) is 25.7 Å². The van der Waals surface area contributed by atoms with Crippen molar-refractivity contribution in [2.45, 2.75) is 44.6 Å². The van der Waals surface area contributed by atoms with Crippen molar-refractivity contribution in [1.82, 2.24) is 9.97 Å². The van der Waals surface area contributed by atoms with Crippen LogP contribution in [0.3, 0.4) is 0 Å². The molecule has 1 atom stereocenters. The summed E-state index contributed by atoms with van der Waals surface area (Å²) in [6.45, 7) is 1.89. The monoisotopic (exact) mass is 236 g/mol. The van der Waals surface area contributed by atoms with E-state index in [1.54, 1.807) is 7.11 Å². The van der Waals surface area contributed by atoms with E-state index in [1.807, 2.05) is 19.3 Å². The lowest BCUT2D eigenvalue weighted by Crippen LogP contribution is -2.22. The quantitative estimate of drug-likeness (QED) is 0.873. The summed E-state index contributed by atoms with van der Waals surface area (Å²) >= 11 is 0. The third kappa shape index (κ3) is 2.94. The molecular weight excluding hydrogens is 216 g/mol. The molecule has 1 unspecified atom stereocenters. The molecule has 0 saturated heterocycles. The number of methoxy groups -OCH3 is 1. The van der Waals surface area contributed by atoms with Gasteiger partial charge in [-0.05, 0) is 50.0 Å². The zero-order chi connectivity index (χ0) is 12.3. The smallest absolute Gasteiger partial charge is 0.316 e. The average molecular weight is 236 g/mol. The highest BCUT2D eigenvalue weighted by Gasteiger charge is 2.25. The number of rotatable bonds is 3. The predicted octanol–water partition coefficient (Wildman–Crippen LogP) is 2.14. The van der Waals surface area contributed by atoms with E-state index in [9.17, 15) is 5.11 Å². The van der Waals surface area contributed by atoms with E-state index in [2.05, 4.69) is 9.97 Å². The van der Waals surface area contributed by atoms with Crippen LogP contribution in [0.1, 0.15) is 44.1 Å². The molecule has 1 aromatic heterocycles. The number of aliphatic hydroxyl groups excluding tert-OH is 1. The van der Waals surface area contributed by atoms with Crippen molar-refractivity contribution in [2.24, 2.45) is 5.92 Å². The van der Waals surface area contributed by atoms with Gasteiger partial charge in [-0.1, -0.05) is 0 Å². The lowest BCUT2D eigenvalue weighted by atomic mass is 9.77. The molecule has 0 aromatic carbocycles. The number of nitrogens with zero attached hydrogens (tertiary/aromatic N) is 2. The third-order valence-corrected chi connectivity index (χ3v) is 3.76. The van der Waals surface area contributed by atoms with Gasteiger partial charge in [-0.25, -0.2) is 9.97 Å². The van der Waals surface area contributed by atoms with Gasteiger partial charge in [0.15, 0.2) is 0 Å². The second-order valence-electron chi connectivity index (χ2n) is 4.86. The van der Waals surface area contributed by atoms with Gasteiger partial charge in [-0.15, -0.1) is 0 Å². The summed E-state index contributed by atoms with van der Waals surface area (Å²) in [6, 6.07) is 0.423. The molecule has 1 saturated carbocycles. The fraction of sp³-hybridized carbons (Fsp3) is 0.692. The minimum atomic E-state index is -0.178. The van der Waals surface area contributed by atoms with E-state index in [0.29, 0.717) is 17.8 Å². The van der Waals surface area contributed by atoms with Crippen molar-refractivity contribution < 1.29 is 9.84 Å². The normalized spacial score (nSPS) is 26.5. The molecule has 0 aliphatic heterocycles. The Kier molecular flexibility index (Phi) is 3.94. The zero-order valence-electron chi connectivity index (χ0n) is 10.5. The van der Waals surface area contributed by atoms with Crippen LogP contribution in [0, 0.1) is 5.92 Å². The highest BCUT2D eigenvalue weighted by Crippen LogP contribution is 2.36. The Balaban J connectivity index is 1.95. The Morgan fingerprint density at radius 1 is 1.24 bits per heavy atom. The largest absolute Gasteiger partial charge is 0.467 e. The maximum atomic E-state index is 9.56. The number of hydrogen-bond acceptors (Lipinski definition) is 4. The first kappa shape index (κ1) is 12.3. The van der Waals surface area contributed by atoms with Crippen LogP contribution in [0.25, 0.3) is 0 Å². The number of aliphatic hydroxyl groups is 1. The average Bonchev–Trinajstić information content (AvgIpc) is 2.39. The van der Waals surface area contributed by atoms with Gasteiger partial charge in [0, 0.05) is 12.4 Å². The predicted molar refractivity (Wildman–Crippen MR) is 65.0 cm³/mol. The zero-order valence-corrected chi connectivity index (χ0v) is 10.5. The van der Waals surface area contributed by atoms with Crippen LogP contribution >= 0.6 is 0 Å². The first-order chi connectivity index (χ1) is 8.20. The topological polar surface area (TPSA) is 55.2 Å². The first-order valence-electron chi connectivity index (χ1n) is 6.24. The minimum absolute atomic E-state index is 0.178. The molecule has 17 heavy (non-hydrogen) atoms. The van der Waals surface area contributed by atoms with E-state index in [-0.39, 0.29) is 6.10 Å². The van der Waals surface area contributed by atoms with Gasteiger partial charge < -0.3 is 9.84 Å². The summed E-state index contributed by atoms with van der Waals surface area (Å²) in [6.07, 6.45) is 7.96. The second-order valence-corrected chi connectivity index (χ2v) is 4.86. The highest BCUT2D eigenvalue weighted by atomic mass is 16.5. The summed E-state index contributed by atoms with van der Waals surface area (Å²) in [7, 11) is 1.57. The molecule has 94 valence electrons. The molecule has 1 N–H and O–H groups in total.